The largest absolute Gasteiger partial charge is 0.359 e. The standard InChI is InChI=1S/C10H11Cl2N3S/c1-2-13-10(16)15-14-6-7-3-4-8(11)9(12)5-7/h3-6H,2H2,1H3,(H2,13,15,16)/p+1. The highest BCUT2D eigenvalue weighted by Gasteiger charge is 1.99. The maximum Gasteiger partial charge on any atom is 0.223 e. The summed E-state index contributed by atoms with van der Waals surface area (Å²) < 4.78 is 0. The van der Waals surface area contributed by atoms with Crippen molar-refractivity contribution in [2.75, 3.05) is 6.54 Å². The van der Waals surface area contributed by atoms with Gasteiger partial charge < -0.3 is 5.32 Å². The molecular weight excluding hydrogens is 265 g/mol. The summed E-state index contributed by atoms with van der Waals surface area (Å²) in [5.41, 5.74) is 3.71. The smallest absolute Gasteiger partial charge is 0.223 e. The number of hydrogen-bond donors (Lipinski definition) is 3. The summed E-state index contributed by atoms with van der Waals surface area (Å²) in [5.74, 6) is 0. The number of thiocarbonyl (C=S) groups is 1. The summed E-state index contributed by atoms with van der Waals surface area (Å²) in [6, 6.07) is 5.34. The predicted molar refractivity (Wildman–Crippen MR) is 72.0 cm³/mol. The van der Waals surface area contributed by atoms with Gasteiger partial charge >= 0.3 is 0 Å². The molecule has 0 aliphatic rings. The molecule has 1 aromatic carbocycles. The average Bonchev–Trinajstić information content (AvgIpc) is 2.24. The number of nitrogens with one attached hydrogen (secondary N) is 3. The lowest BCUT2D eigenvalue weighted by molar-refractivity contribution is -0.500. The minimum Gasteiger partial charge on any atom is -0.359 e. The van der Waals surface area contributed by atoms with Gasteiger partial charge in [0.25, 0.3) is 0 Å². The second-order valence-corrected chi connectivity index (χ2v) is 4.17. The fraction of sp³-hybridized carbons (Fsp3) is 0.200. The van der Waals surface area contributed by atoms with Crippen LogP contribution in [-0.4, -0.2) is 17.9 Å². The summed E-state index contributed by atoms with van der Waals surface area (Å²) in [5, 5.41) is 7.39. The Morgan fingerprint density at radius 3 is 2.81 bits per heavy atom. The highest BCUT2D eigenvalue weighted by atomic mass is 35.5. The van der Waals surface area contributed by atoms with E-state index in [0.717, 1.165) is 12.1 Å². The van der Waals surface area contributed by atoms with Gasteiger partial charge in [0, 0.05) is 12.1 Å². The first kappa shape index (κ1) is 13.2. The van der Waals surface area contributed by atoms with Crippen LogP contribution in [-0.2, 0) is 0 Å². The third-order valence-electron chi connectivity index (χ3n) is 1.71. The quantitative estimate of drug-likeness (QED) is 0.436. The maximum atomic E-state index is 5.87. The Labute approximate surface area is 110 Å². The molecule has 0 spiro atoms. The van der Waals surface area contributed by atoms with Gasteiger partial charge in [-0.3, -0.25) is 0 Å². The van der Waals surface area contributed by atoms with E-state index < -0.39 is 0 Å². The second kappa shape index (κ2) is 6.68. The molecule has 86 valence electrons. The van der Waals surface area contributed by atoms with E-state index in [4.69, 9.17) is 35.4 Å². The Hall–Kier alpha value is -0.840. The van der Waals surface area contributed by atoms with Crippen LogP contribution in [0.4, 0.5) is 0 Å². The Bertz CT molecular complexity index is 407. The van der Waals surface area contributed by atoms with Crippen molar-refractivity contribution in [3.63, 3.8) is 0 Å². The van der Waals surface area contributed by atoms with Crippen LogP contribution in [0.1, 0.15) is 12.5 Å². The van der Waals surface area contributed by atoms with E-state index >= 15 is 0 Å². The number of rotatable bonds is 3. The summed E-state index contributed by atoms with van der Waals surface area (Å²) in [4.78, 5) is 0. The molecule has 0 fully saturated rings. The molecular formula is C10H12Cl2N3S+. The van der Waals surface area contributed by atoms with E-state index in [1.807, 2.05) is 13.0 Å². The summed E-state index contributed by atoms with van der Waals surface area (Å²) in [6.07, 6.45) is 1.74. The molecule has 0 aliphatic carbocycles. The van der Waals surface area contributed by atoms with Crippen molar-refractivity contribution >= 4 is 46.7 Å². The van der Waals surface area contributed by atoms with Crippen molar-refractivity contribution in [1.29, 1.82) is 0 Å². The van der Waals surface area contributed by atoms with E-state index in [0.29, 0.717) is 15.2 Å². The maximum absolute atomic E-state index is 5.87. The van der Waals surface area contributed by atoms with E-state index in [9.17, 15) is 0 Å². The van der Waals surface area contributed by atoms with E-state index in [1.54, 1.807) is 18.3 Å². The third kappa shape index (κ3) is 4.35. The zero-order valence-electron chi connectivity index (χ0n) is 8.68. The van der Waals surface area contributed by atoms with Crippen LogP contribution in [0.5, 0.6) is 0 Å². The van der Waals surface area contributed by atoms with Crippen molar-refractivity contribution in [2.24, 2.45) is 0 Å². The number of benzene rings is 1. The van der Waals surface area contributed by atoms with Crippen LogP contribution >= 0.6 is 35.4 Å². The van der Waals surface area contributed by atoms with Gasteiger partial charge in [0.05, 0.1) is 10.0 Å². The average molecular weight is 277 g/mol. The molecule has 0 aromatic heterocycles. The monoisotopic (exact) mass is 276 g/mol. The summed E-state index contributed by atoms with van der Waals surface area (Å²) >= 11 is 16.6. The number of hydrazine groups is 1. The van der Waals surface area contributed by atoms with E-state index in [2.05, 4.69) is 15.8 Å². The summed E-state index contributed by atoms with van der Waals surface area (Å²) in [7, 11) is 0. The van der Waals surface area contributed by atoms with Crippen molar-refractivity contribution in [2.45, 2.75) is 6.92 Å². The topological polar surface area (TPSA) is 38.0 Å². The first-order chi connectivity index (χ1) is 7.63. The molecule has 0 saturated carbocycles. The normalized spacial score (nSPS) is 10.4. The van der Waals surface area contributed by atoms with Gasteiger partial charge in [0.1, 0.15) is 0 Å². The molecule has 3 N–H and O–H groups in total. The van der Waals surface area contributed by atoms with E-state index in [1.165, 1.54) is 0 Å². The highest BCUT2D eigenvalue weighted by Crippen LogP contribution is 2.21. The van der Waals surface area contributed by atoms with Crippen LogP contribution < -0.4 is 15.8 Å². The van der Waals surface area contributed by atoms with Crippen molar-refractivity contribution in [1.82, 2.24) is 10.7 Å². The number of hydrogen-bond acceptors (Lipinski definition) is 1. The molecule has 0 bridgehead atoms. The molecule has 0 saturated heterocycles. The van der Waals surface area contributed by atoms with Gasteiger partial charge in [0.2, 0.25) is 5.11 Å². The molecule has 1 aromatic rings. The predicted octanol–water partition coefficient (Wildman–Crippen LogP) is 0.892. The Morgan fingerprint density at radius 1 is 1.44 bits per heavy atom. The lowest BCUT2D eigenvalue weighted by atomic mass is 10.2. The molecule has 0 atom stereocenters. The van der Waals surface area contributed by atoms with Crippen LogP contribution in [0, 0.1) is 0 Å². The van der Waals surface area contributed by atoms with Gasteiger partial charge in [-0.15, -0.1) is 10.5 Å². The van der Waals surface area contributed by atoms with Gasteiger partial charge in [-0.2, -0.15) is 0 Å². The van der Waals surface area contributed by atoms with Gasteiger partial charge in [-0.05, 0) is 37.3 Å². The molecule has 1 rings (SSSR count). The SMILES string of the molecule is CCNC(=S)N[NH+]=Cc1ccc(Cl)c(Cl)c1. The van der Waals surface area contributed by atoms with Crippen LogP contribution in [0.15, 0.2) is 18.2 Å². The Morgan fingerprint density at radius 2 is 2.19 bits per heavy atom. The van der Waals surface area contributed by atoms with Crippen molar-refractivity contribution in [3.8, 4) is 0 Å². The fourth-order valence-electron chi connectivity index (χ4n) is 0.992. The Kier molecular flexibility index (Phi) is 5.52. The zero-order valence-corrected chi connectivity index (χ0v) is 11.0. The fourth-order valence-corrected chi connectivity index (χ4v) is 1.50. The summed E-state index contributed by atoms with van der Waals surface area (Å²) in [6.45, 7) is 2.75. The molecule has 6 heteroatoms. The van der Waals surface area contributed by atoms with Crippen LogP contribution in [0.3, 0.4) is 0 Å². The second-order valence-electron chi connectivity index (χ2n) is 2.95. The molecule has 0 aliphatic heterocycles. The third-order valence-corrected chi connectivity index (χ3v) is 2.69. The van der Waals surface area contributed by atoms with Crippen molar-refractivity contribution < 1.29 is 5.10 Å². The van der Waals surface area contributed by atoms with E-state index in [-0.39, 0.29) is 0 Å². The minimum atomic E-state index is 0.520. The first-order valence-corrected chi connectivity index (χ1v) is 5.87. The Balaban J connectivity index is 2.56. The van der Waals surface area contributed by atoms with Gasteiger partial charge in [0.15, 0.2) is 6.21 Å². The van der Waals surface area contributed by atoms with Gasteiger partial charge in [-0.25, -0.2) is 0 Å². The minimum absolute atomic E-state index is 0.520. The lowest BCUT2D eigenvalue weighted by Gasteiger charge is -1.98. The van der Waals surface area contributed by atoms with Crippen molar-refractivity contribution in [3.05, 3.63) is 33.8 Å². The molecule has 0 unspecified atom stereocenters. The first-order valence-electron chi connectivity index (χ1n) is 4.71. The van der Waals surface area contributed by atoms with Crippen LogP contribution in [0.25, 0.3) is 0 Å². The lowest BCUT2D eigenvalue weighted by Crippen LogP contribution is -2.82. The van der Waals surface area contributed by atoms with Crippen LogP contribution in [0.2, 0.25) is 10.0 Å². The molecule has 0 radical (unpaired) electrons. The zero-order chi connectivity index (χ0) is 12.0. The molecule has 16 heavy (non-hydrogen) atoms. The molecule has 0 heterocycles. The highest BCUT2D eigenvalue weighted by molar-refractivity contribution is 7.80. The number of halogens is 2. The molecule has 3 nitrogen and oxygen atoms in total. The number of hydrazone groups is 1. The molecule has 0 amide bonds. The van der Waals surface area contributed by atoms with Gasteiger partial charge in [-0.1, -0.05) is 23.2 Å².